The van der Waals surface area contributed by atoms with Gasteiger partial charge in [0, 0.05) is 24.4 Å². The van der Waals surface area contributed by atoms with E-state index in [1.807, 2.05) is 18.2 Å². The summed E-state index contributed by atoms with van der Waals surface area (Å²) < 4.78 is 38.6. The molecule has 4 amide bonds. The molecule has 2 aliphatic heterocycles. The molecule has 2 saturated carbocycles. The molecule has 3 heterocycles. The molecule has 1 aromatic carbocycles. The van der Waals surface area contributed by atoms with Gasteiger partial charge in [-0.3, -0.25) is 19.1 Å². The Bertz CT molecular complexity index is 1850. The SMILES string of the molecule is C=C[C@H]1C[C@@]1(NC(=O)[C@@H]1C[C@@H]2CN1C(=O)[C@@H](C(C)(C)C)NC(=O)OCCCCCCCc1cc(ccc1OC)-c1nnn2n1)C(=O)NS(=O)(=O)C1CC1. The molecule has 6 bridgehead atoms. The van der Waals surface area contributed by atoms with E-state index in [2.05, 4.69) is 37.3 Å². The van der Waals surface area contributed by atoms with Crippen LogP contribution < -0.4 is 20.1 Å². The number of carbonyl (C=O) groups is 4. The first-order valence-corrected chi connectivity index (χ1v) is 19.9. The maximum atomic E-state index is 14.5. The van der Waals surface area contributed by atoms with E-state index >= 15 is 0 Å². The first-order chi connectivity index (χ1) is 25.2. The molecule has 0 unspecified atom stereocenters. The normalized spacial score (nSPS) is 27.1. The van der Waals surface area contributed by atoms with Crippen molar-refractivity contribution in [2.24, 2.45) is 11.3 Å². The molecule has 2 aliphatic carbocycles. The second kappa shape index (κ2) is 15.1. The van der Waals surface area contributed by atoms with Gasteiger partial charge in [0.05, 0.1) is 25.0 Å². The number of nitrogens with zero attached hydrogens (tertiary/aromatic N) is 5. The summed E-state index contributed by atoms with van der Waals surface area (Å²) in [5.74, 6) is -1.43. The van der Waals surface area contributed by atoms with Gasteiger partial charge in [0.25, 0.3) is 5.91 Å². The molecule has 53 heavy (non-hydrogen) atoms. The predicted molar refractivity (Wildman–Crippen MR) is 193 cm³/mol. The van der Waals surface area contributed by atoms with Crippen LogP contribution in [0.15, 0.2) is 30.9 Å². The molecule has 6 rings (SSSR count). The van der Waals surface area contributed by atoms with Gasteiger partial charge >= 0.3 is 6.09 Å². The number of alkyl carbamates (subject to hydrolysis) is 1. The highest BCUT2D eigenvalue weighted by Gasteiger charge is 2.62. The minimum atomic E-state index is -3.90. The molecule has 0 spiro atoms. The van der Waals surface area contributed by atoms with Gasteiger partial charge in [-0.1, -0.05) is 46.1 Å². The summed E-state index contributed by atoms with van der Waals surface area (Å²) in [6, 6.07) is 2.90. The number of benzene rings is 1. The van der Waals surface area contributed by atoms with E-state index in [1.54, 1.807) is 27.9 Å². The molecule has 16 nitrogen and oxygen atoms in total. The minimum absolute atomic E-state index is 0.00989. The third-order valence-electron chi connectivity index (χ3n) is 10.6. The zero-order chi connectivity index (χ0) is 38.1. The van der Waals surface area contributed by atoms with Gasteiger partial charge in [0.15, 0.2) is 0 Å². The Morgan fingerprint density at radius 2 is 1.87 bits per heavy atom. The van der Waals surface area contributed by atoms with Crippen molar-refractivity contribution in [3.63, 3.8) is 0 Å². The van der Waals surface area contributed by atoms with Crippen LogP contribution in [0.2, 0.25) is 0 Å². The van der Waals surface area contributed by atoms with E-state index in [1.165, 1.54) is 15.8 Å². The number of tetrazole rings is 1. The Morgan fingerprint density at radius 1 is 1.13 bits per heavy atom. The van der Waals surface area contributed by atoms with Crippen molar-refractivity contribution in [2.75, 3.05) is 20.3 Å². The number of hydrogen-bond donors (Lipinski definition) is 3. The summed E-state index contributed by atoms with van der Waals surface area (Å²) in [5, 5.41) is 18.2. The zero-order valence-electron chi connectivity index (χ0n) is 30.8. The average molecular weight is 755 g/mol. The van der Waals surface area contributed by atoms with E-state index < -0.39 is 74.1 Å². The lowest BCUT2D eigenvalue weighted by molar-refractivity contribution is -0.142. The first-order valence-electron chi connectivity index (χ1n) is 18.4. The van der Waals surface area contributed by atoms with Gasteiger partial charge < -0.3 is 25.0 Å². The van der Waals surface area contributed by atoms with Crippen molar-refractivity contribution >= 4 is 33.8 Å². The Morgan fingerprint density at radius 3 is 2.55 bits per heavy atom. The molecular formula is C36H50N8O8S. The van der Waals surface area contributed by atoms with Crippen LogP contribution in [0.5, 0.6) is 5.75 Å². The lowest BCUT2D eigenvalue weighted by Gasteiger charge is -2.35. The number of ether oxygens (including phenoxy) is 2. The van der Waals surface area contributed by atoms with Crippen molar-refractivity contribution in [1.82, 2.24) is 40.5 Å². The lowest BCUT2D eigenvalue weighted by Crippen LogP contribution is -2.60. The van der Waals surface area contributed by atoms with Crippen LogP contribution in [0.4, 0.5) is 4.79 Å². The predicted octanol–water partition coefficient (Wildman–Crippen LogP) is 2.81. The highest BCUT2D eigenvalue weighted by molar-refractivity contribution is 7.91. The Hall–Kier alpha value is -4.54. The molecule has 1 saturated heterocycles. The standard InChI is InChI=1S/C36H50N8O8S/c1-6-24-20-36(24,33(47)41-53(49,50)26-14-15-26)38-31(45)27-19-25-21-43(27)32(46)29(35(2,3)4)37-34(48)52-17-11-9-7-8-10-12-22-18-23(13-16-28(22)51-5)30-39-42-44(25)40-30/h6,13,16,18,24-27,29H,1,7-12,14-15,17,19-21H2,2-5H3,(H,37,48)(H,38,45)(H,41,47)/t24-,25+,27-,29-,36-/m0/s1. The summed E-state index contributed by atoms with van der Waals surface area (Å²) in [6.07, 6.45) is 7.08. The molecule has 17 heteroatoms. The number of cyclic esters (lactones) is 1. The number of hydrogen-bond acceptors (Lipinski definition) is 11. The summed E-state index contributed by atoms with van der Waals surface area (Å²) in [5.41, 5.74) is -0.593. The number of aromatic nitrogens is 4. The van der Waals surface area contributed by atoms with Crippen molar-refractivity contribution in [3.8, 4) is 17.1 Å². The van der Waals surface area contributed by atoms with E-state index in [0.29, 0.717) is 25.1 Å². The smallest absolute Gasteiger partial charge is 0.407 e. The maximum absolute atomic E-state index is 14.5. The van der Waals surface area contributed by atoms with Crippen molar-refractivity contribution in [2.45, 2.75) is 114 Å². The number of amides is 4. The Labute approximate surface area is 309 Å². The molecular weight excluding hydrogens is 705 g/mol. The molecule has 1 aromatic heterocycles. The Balaban J connectivity index is 1.32. The summed E-state index contributed by atoms with van der Waals surface area (Å²) in [6.45, 7) is 9.35. The van der Waals surface area contributed by atoms with Gasteiger partial charge in [-0.05, 0) is 72.9 Å². The molecule has 0 radical (unpaired) electrons. The minimum Gasteiger partial charge on any atom is -0.496 e. The van der Waals surface area contributed by atoms with Crippen molar-refractivity contribution < 1.29 is 37.1 Å². The molecule has 288 valence electrons. The molecule has 5 atom stereocenters. The maximum Gasteiger partial charge on any atom is 0.407 e. The van der Waals surface area contributed by atoms with Crippen LogP contribution in [0, 0.1) is 11.3 Å². The molecule has 4 aliphatic rings. The lowest BCUT2D eigenvalue weighted by atomic mass is 9.85. The summed E-state index contributed by atoms with van der Waals surface area (Å²) >= 11 is 0. The fourth-order valence-corrected chi connectivity index (χ4v) is 8.55. The largest absolute Gasteiger partial charge is 0.496 e. The van der Waals surface area contributed by atoms with E-state index in [9.17, 15) is 27.6 Å². The topological polar surface area (TPSA) is 204 Å². The highest BCUT2D eigenvalue weighted by atomic mass is 32.2. The van der Waals surface area contributed by atoms with Gasteiger partial charge in [-0.25, -0.2) is 13.2 Å². The van der Waals surface area contributed by atoms with Gasteiger partial charge in [-0.2, -0.15) is 4.80 Å². The third kappa shape index (κ3) is 8.34. The van der Waals surface area contributed by atoms with Gasteiger partial charge in [-0.15, -0.1) is 16.8 Å². The number of rotatable bonds is 7. The van der Waals surface area contributed by atoms with Crippen LogP contribution in [0.3, 0.4) is 0 Å². The van der Waals surface area contributed by atoms with E-state index in [-0.39, 0.29) is 26.0 Å². The average Bonchev–Trinajstić information content (AvgIpc) is 3.99. The quantitative estimate of drug-likeness (QED) is 0.351. The number of aryl methyl sites for hydroxylation is 1. The Kier molecular flexibility index (Phi) is 10.9. The molecule has 3 N–H and O–H groups in total. The van der Waals surface area contributed by atoms with Crippen LogP contribution in [0.1, 0.15) is 90.2 Å². The number of fused-ring (bicyclic) bond motifs is 8. The number of carbonyl (C=O) groups excluding carboxylic acids is 4. The fourth-order valence-electron chi connectivity index (χ4n) is 7.19. The number of nitrogens with one attached hydrogen (secondary N) is 3. The van der Waals surface area contributed by atoms with E-state index in [0.717, 1.165) is 49.0 Å². The van der Waals surface area contributed by atoms with Crippen LogP contribution in [-0.2, 0) is 35.6 Å². The van der Waals surface area contributed by atoms with Gasteiger partial charge in [0.1, 0.15) is 23.4 Å². The second-order valence-corrected chi connectivity index (χ2v) is 17.6. The van der Waals surface area contributed by atoms with E-state index in [4.69, 9.17) is 9.47 Å². The molecule has 3 fully saturated rings. The number of sulfonamides is 1. The first kappa shape index (κ1) is 38.2. The number of methoxy groups -OCH3 is 1. The van der Waals surface area contributed by atoms with Gasteiger partial charge in [0.2, 0.25) is 27.7 Å². The fraction of sp³-hybridized carbons (Fsp3) is 0.639. The summed E-state index contributed by atoms with van der Waals surface area (Å²) in [4.78, 5) is 58.0. The third-order valence-corrected chi connectivity index (χ3v) is 12.4. The second-order valence-electron chi connectivity index (χ2n) is 15.6. The zero-order valence-corrected chi connectivity index (χ0v) is 31.6. The van der Waals surface area contributed by atoms with Crippen LogP contribution in [-0.4, -0.2) is 100 Å². The van der Waals surface area contributed by atoms with Crippen molar-refractivity contribution in [3.05, 3.63) is 36.4 Å². The highest BCUT2D eigenvalue weighted by Crippen LogP contribution is 2.46. The van der Waals surface area contributed by atoms with Crippen LogP contribution >= 0.6 is 0 Å². The van der Waals surface area contributed by atoms with Crippen LogP contribution in [0.25, 0.3) is 11.4 Å². The summed E-state index contributed by atoms with van der Waals surface area (Å²) in [7, 11) is -2.27. The molecule has 2 aromatic rings. The van der Waals surface area contributed by atoms with Crippen molar-refractivity contribution in [1.29, 1.82) is 0 Å². The monoisotopic (exact) mass is 754 g/mol.